The Kier molecular flexibility index (Phi) is 4.53. The van der Waals surface area contributed by atoms with Crippen LogP contribution in [-0.4, -0.2) is 22.4 Å². The highest BCUT2D eigenvalue weighted by atomic mass is 35.5. The molecule has 1 fully saturated rings. The Morgan fingerprint density at radius 2 is 2.15 bits per heavy atom. The van der Waals surface area contributed by atoms with Crippen molar-refractivity contribution < 1.29 is 14.3 Å². The zero-order chi connectivity index (χ0) is 14.8. The second-order valence-electron chi connectivity index (χ2n) is 5.71. The Morgan fingerprint density at radius 3 is 2.70 bits per heavy atom. The minimum absolute atomic E-state index is 0.0783. The van der Waals surface area contributed by atoms with Crippen molar-refractivity contribution in [1.82, 2.24) is 5.32 Å². The predicted octanol–water partition coefficient (Wildman–Crippen LogP) is 3.45. The van der Waals surface area contributed by atoms with Crippen molar-refractivity contribution in [1.29, 1.82) is 0 Å². The van der Waals surface area contributed by atoms with Crippen LogP contribution in [0.5, 0.6) is 5.75 Å². The van der Waals surface area contributed by atoms with Gasteiger partial charge in [0.05, 0.1) is 11.1 Å². The number of rotatable bonds is 3. The Labute approximate surface area is 123 Å². The fraction of sp³-hybridized carbons (Fsp3) is 0.533. The number of phenolic OH excluding ortho intramolecular Hbond substituents is 1. The third kappa shape index (κ3) is 3.23. The molecule has 1 aliphatic rings. The van der Waals surface area contributed by atoms with Crippen molar-refractivity contribution >= 4 is 17.5 Å². The van der Waals surface area contributed by atoms with Gasteiger partial charge in [0.2, 0.25) is 0 Å². The van der Waals surface area contributed by atoms with Crippen LogP contribution in [0.25, 0.3) is 0 Å². The molecule has 1 amide bonds. The molecular formula is C15H19ClFNO2. The molecule has 1 saturated carbocycles. The standard InChI is InChI=1S/C15H19ClFNO2/c1-10-4-6-15(9-16,7-5-10)18-14(20)12-3-2-11(17)8-13(12)19/h2-3,8,10,19H,4-7,9H2,1H3,(H,18,20). The quantitative estimate of drug-likeness (QED) is 0.840. The number of aromatic hydroxyl groups is 1. The second-order valence-corrected chi connectivity index (χ2v) is 5.98. The molecule has 3 nitrogen and oxygen atoms in total. The Bertz CT molecular complexity index is 499. The van der Waals surface area contributed by atoms with Crippen molar-refractivity contribution in [2.24, 2.45) is 5.92 Å². The van der Waals surface area contributed by atoms with Gasteiger partial charge >= 0.3 is 0 Å². The molecule has 0 aromatic heterocycles. The van der Waals surface area contributed by atoms with Crippen LogP contribution in [0, 0.1) is 11.7 Å². The maximum absolute atomic E-state index is 12.9. The van der Waals surface area contributed by atoms with E-state index in [9.17, 15) is 14.3 Å². The Morgan fingerprint density at radius 1 is 1.50 bits per heavy atom. The summed E-state index contributed by atoms with van der Waals surface area (Å²) in [5.41, 5.74) is -0.346. The second kappa shape index (κ2) is 6.00. The van der Waals surface area contributed by atoms with Crippen LogP contribution in [0.3, 0.4) is 0 Å². The summed E-state index contributed by atoms with van der Waals surface area (Å²) in [7, 11) is 0. The molecule has 0 aliphatic heterocycles. The van der Waals surface area contributed by atoms with E-state index >= 15 is 0 Å². The number of hydrogen-bond donors (Lipinski definition) is 2. The number of alkyl halides is 1. The molecule has 1 aliphatic carbocycles. The van der Waals surface area contributed by atoms with Gasteiger partial charge in [0, 0.05) is 11.9 Å². The number of halogens is 2. The van der Waals surface area contributed by atoms with Crippen LogP contribution >= 0.6 is 11.6 Å². The van der Waals surface area contributed by atoms with Crippen molar-refractivity contribution in [3.63, 3.8) is 0 Å². The monoisotopic (exact) mass is 299 g/mol. The number of hydrogen-bond acceptors (Lipinski definition) is 2. The number of benzene rings is 1. The van der Waals surface area contributed by atoms with Crippen LogP contribution in [0.15, 0.2) is 18.2 Å². The first kappa shape index (κ1) is 15.1. The molecule has 0 spiro atoms. The average Bonchev–Trinajstić information content (AvgIpc) is 2.41. The van der Waals surface area contributed by atoms with E-state index in [2.05, 4.69) is 12.2 Å². The topological polar surface area (TPSA) is 49.3 Å². The van der Waals surface area contributed by atoms with E-state index < -0.39 is 17.3 Å². The molecule has 0 unspecified atom stereocenters. The summed E-state index contributed by atoms with van der Waals surface area (Å²) in [5.74, 6) is -0.345. The minimum atomic E-state index is -0.572. The van der Waals surface area contributed by atoms with Gasteiger partial charge < -0.3 is 10.4 Å². The lowest BCUT2D eigenvalue weighted by Crippen LogP contribution is -2.52. The number of carbonyl (C=O) groups excluding carboxylic acids is 1. The Hall–Kier alpha value is -1.29. The summed E-state index contributed by atoms with van der Waals surface area (Å²) in [5, 5.41) is 12.6. The van der Waals surface area contributed by atoms with Gasteiger partial charge in [0.15, 0.2) is 0 Å². The predicted molar refractivity (Wildman–Crippen MR) is 76.6 cm³/mol. The molecule has 0 heterocycles. The summed E-state index contributed by atoms with van der Waals surface area (Å²) in [6.07, 6.45) is 3.68. The van der Waals surface area contributed by atoms with Crippen LogP contribution in [0.4, 0.5) is 4.39 Å². The molecular weight excluding hydrogens is 281 g/mol. The van der Waals surface area contributed by atoms with E-state index in [0.717, 1.165) is 37.8 Å². The molecule has 110 valence electrons. The molecule has 5 heteroatoms. The summed E-state index contributed by atoms with van der Waals surface area (Å²) in [6, 6.07) is 3.38. The van der Waals surface area contributed by atoms with E-state index in [1.54, 1.807) is 0 Å². The molecule has 0 saturated heterocycles. The van der Waals surface area contributed by atoms with Gasteiger partial charge in [-0.2, -0.15) is 0 Å². The van der Waals surface area contributed by atoms with Crippen molar-refractivity contribution in [2.75, 3.05) is 5.88 Å². The Balaban J connectivity index is 2.13. The smallest absolute Gasteiger partial charge is 0.255 e. The molecule has 0 radical (unpaired) electrons. The highest BCUT2D eigenvalue weighted by Crippen LogP contribution is 2.33. The van der Waals surface area contributed by atoms with Crippen LogP contribution < -0.4 is 5.32 Å². The average molecular weight is 300 g/mol. The van der Waals surface area contributed by atoms with Crippen LogP contribution in [0.1, 0.15) is 43.0 Å². The summed E-state index contributed by atoms with van der Waals surface area (Å²) in [4.78, 5) is 12.2. The highest BCUT2D eigenvalue weighted by Gasteiger charge is 2.35. The fourth-order valence-electron chi connectivity index (χ4n) is 2.61. The lowest BCUT2D eigenvalue weighted by molar-refractivity contribution is 0.0869. The lowest BCUT2D eigenvalue weighted by atomic mass is 9.78. The van der Waals surface area contributed by atoms with E-state index in [-0.39, 0.29) is 11.3 Å². The molecule has 0 atom stereocenters. The number of nitrogens with one attached hydrogen (secondary N) is 1. The highest BCUT2D eigenvalue weighted by molar-refractivity contribution is 6.19. The molecule has 1 aromatic carbocycles. The van der Waals surface area contributed by atoms with Gasteiger partial charge in [-0.15, -0.1) is 11.6 Å². The maximum Gasteiger partial charge on any atom is 0.255 e. The maximum atomic E-state index is 12.9. The van der Waals surface area contributed by atoms with E-state index in [0.29, 0.717) is 11.8 Å². The van der Waals surface area contributed by atoms with Crippen molar-refractivity contribution in [3.8, 4) is 5.75 Å². The van der Waals surface area contributed by atoms with Gasteiger partial charge in [-0.25, -0.2) is 4.39 Å². The van der Waals surface area contributed by atoms with E-state index in [4.69, 9.17) is 11.6 Å². The zero-order valence-corrected chi connectivity index (χ0v) is 12.2. The van der Waals surface area contributed by atoms with Gasteiger partial charge in [-0.05, 0) is 43.7 Å². The fourth-order valence-corrected chi connectivity index (χ4v) is 2.95. The third-order valence-electron chi connectivity index (χ3n) is 4.07. The van der Waals surface area contributed by atoms with E-state index in [1.165, 1.54) is 6.07 Å². The first-order valence-corrected chi connectivity index (χ1v) is 7.36. The molecule has 2 N–H and O–H groups in total. The largest absolute Gasteiger partial charge is 0.507 e. The van der Waals surface area contributed by atoms with Gasteiger partial charge in [-0.3, -0.25) is 4.79 Å². The SMILES string of the molecule is CC1CCC(CCl)(NC(=O)c2ccc(F)cc2O)CC1. The normalized spacial score (nSPS) is 26.2. The number of phenols is 1. The van der Waals surface area contributed by atoms with Gasteiger partial charge in [-0.1, -0.05) is 6.92 Å². The van der Waals surface area contributed by atoms with Crippen LogP contribution in [-0.2, 0) is 0 Å². The van der Waals surface area contributed by atoms with Crippen molar-refractivity contribution in [2.45, 2.75) is 38.1 Å². The molecule has 20 heavy (non-hydrogen) atoms. The summed E-state index contributed by atoms with van der Waals surface area (Å²) < 4.78 is 12.9. The summed E-state index contributed by atoms with van der Waals surface area (Å²) >= 11 is 6.04. The van der Waals surface area contributed by atoms with Crippen molar-refractivity contribution in [3.05, 3.63) is 29.6 Å². The molecule has 0 bridgehead atoms. The molecule has 2 rings (SSSR count). The third-order valence-corrected chi connectivity index (χ3v) is 4.58. The van der Waals surface area contributed by atoms with E-state index in [1.807, 2.05) is 0 Å². The van der Waals surface area contributed by atoms with Gasteiger partial charge in [0.1, 0.15) is 11.6 Å². The number of amides is 1. The number of carbonyl (C=O) groups is 1. The molecule has 1 aromatic rings. The summed E-state index contributed by atoms with van der Waals surface area (Å²) in [6.45, 7) is 2.19. The lowest BCUT2D eigenvalue weighted by Gasteiger charge is -2.38. The first-order chi connectivity index (χ1) is 9.46. The minimum Gasteiger partial charge on any atom is -0.507 e. The van der Waals surface area contributed by atoms with Gasteiger partial charge in [0.25, 0.3) is 5.91 Å². The van der Waals surface area contributed by atoms with Crippen LogP contribution in [0.2, 0.25) is 0 Å². The zero-order valence-electron chi connectivity index (χ0n) is 11.5. The first-order valence-electron chi connectivity index (χ1n) is 6.83.